The van der Waals surface area contributed by atoms with Crippen molar-refractivity contribution in [1.29, 1.82) is 0 Å². The third-order valence-corrected chi connectivity index (χ3v) is 8.10. The molecule has 206 valence electrons. The summed E-state index contributed by atoms with van der Waals surface area (Å²) in [6.45, 7) is 10.6. The molecule has 0 fully saturated rings. The van der Waals surface area contributed by atoms with Crippen LogP contribution in [-0.4, -0.2) is 52.7 Å². The van der Waals surface area contributed by atoms with Gasteiger partial charge < -0.3 is 23.5 Å². The minimum absolute atomic E-state index is 0.0108. The fourth-order valence-electron chi connectivity index (χ4n) is 6.00. The van der Waals surface area contributed by atoms with Gasteiger partial charge in [0.15, 0.2) is 0 Å². The second-order valence-electron chi connectivity index (χ2n) is 11.0. The number of hydrogen-bond acceptors (Lipinski definition) is 7. The summed E-state index contributed by atoms with van der Waals surface area (Å²) in [6, 6.07) is 0. The smallest absolute Gasteiger partial charge is 0.339 e. The first-order valence-corrected chi connectivity index (χ1v) is 13.4. The van der Waals surface area contributed by atoms with Crippen LogP contribution in [0.3, 0.4) is 0 Å². The molecule has 0 aromatic carbocycles. The van der Waals surface area contributed by atoms with E-state index in [4.69, 9.17) is 18.9 Å². The first-order chi connectivity index (χ1) is 18.0. The topological polar surface area (TPSA) is 88.9 Å². The van der Waals surface area contributed by atoms with E-state index in [1.165, 1.54) is 18.8 Å². The Labute approximate surface area is 225 Å². The number of allylic oxidation sites excluding steroid dienone is 3. The predicted octanol–water partition coefficient (Wildman–Crippen LogP) is 4.78. The molecule has 8 heteroatoms. The number of fused-ring (bicyclic) bond motifs is 3. The lowest BCUT2D eigenvalue weighted by atomic mass is 9.65. The summed E-state index contributed by atoms with van der Waals surface area (Å²) < 4.78 is 25.9. The quantitative estimate of drug-likeness (QED) is 0.288. The molecule has 4 rings (SSSR count). The number of hydrogen-bond donors (Lipinski definition) is 0. The van der Waals surface area contributed by atoms with Crippen LogP contribution >= 0.6 is 0 Å². The molecule has 1 aromatic rings. The van der Waals surface area contributed by atoms with Gasteiger partial charge in [0.25, 0.3) is 0 Å². The average Bonchev–Trinajstić information content (AvgIpc) is 3.45. The lowest BCUT2D eigenvalue weighted by Crippen LogP contribution is -2.48. The first-order valence-electron chi connectivity index (χ1n) is 13.4. The lowest BCUT2D eigenvalue weighted by Gasteiger charge is -2.41. The lowest BCUT2D eigenvalue weighted by molar-refractivity contribution is -0.235. The van der Waals surface area contributed by atoms with Crippen LogP contribution in [0.1, 0.15) is 53.2 Å². The largest absolute Gasteiger partial charge is 0.466 e. The number of nitrogens with zero attached hydrogens (tertiary/aromatic N) is 2. The molecule has 0 saturated heterocycles. The molecule has 1 aliphatic carbocycles. The Morgan fingerprint density at radius 3 is 2.71 bits per heavy atom. The van der Waals surface area contributed by atoms with Gasteiger partial charge in [-0.05, 0) is 75.5 Å². The van der Waals surface area contributed by atoms with Gasteiger partial charge in [-0.2, -0.15) is 0 Å². The van der Waals surface area contributed by atoms with Gasteiger partial charge in [-0.1, -0.05) is 31.6 Å². The highest BCUT2D eigenvalue weighted by Crippen LogP contribution is 2.50. The molecule has 0 spiro atoms. The minimum Gasteiger partial charge on any atom is -0.466 e. The number of methoxy groups -OCH3 is 1. The van der Waals surface area contributed by atoms with E-state index in [1.807, 2.05) is 43.8 Å². The zero-order chi connectivity index (χ0) is 27.7. The minimum atomic E-state index is -1.43. The number of carbonyl (C=O) groups excluding carboxylic acids is 2. The van der Waals surface area contributed by atoms with Crippen molar-refractivity contribution in [1.82, 2.24) is 9.55 Å². The van der Waals surface area contributed by atoms with Crippen molar-refractivity contribution in [2.45, 2.75) is 65.0 Å². The van der Waals surface area contributed by atoms with E-state index in [-0.39, 0.29) is 17.8 Å². The van der Waals surface area contributed by atoms with E-state index in [9.17, 15) is 9.59 Å². The Balaban J connectivity index is 1.78. The van der Waals surface area contributed by atoms with Crippen molar-refractivity contribution in [3.05, 3.63) is 59.7 Å². The van der Waals surface area contributed by atoms with Crippen molar-refractivity contribution >= 4 is 18.0 Å². The fourth-order valence-corrected chi connectivity index (χ4v) is 6.00. The van der Waals surface area contributed by atoms with Crippen LogP contribution in [-0.2, 0) is 35.6 Å². The molecule has 0 N–H and O–H groups in total. The monoisotopic (exact) mass is 524 g/mol. The van der Waals surface area contributed by atoms with E-state index in [0.29, 0.717) is 30.2 Å². The zero-order valence-corrected chi connectivity index (χ0v) is 23.5. The summed E-state index contributed by atoms with van der Waals surface area (Å²) >= 11 is 0. The Hall–Kier alpha value is -2.97. The summed E-state index contributed by atoms with van der Waals surface area (Å²) in [5.74, 6) is -1.70. The van der Waals surface area contributed by atoms with Gasteiger partial charge in [0.1, 0.15) is 11.7 Å². The zero-order valence-electron chi connectivity index (χ0n) is 23.5. The van der Waals surface area contributed by atoms with Gasteiger partial charge in [0.2, 0.25) is 5.79 Å². The first kappa shape index (κ1) is 28.0. The molecule has 0 saturated carbocycles. The molecule has 3 aliphatic rings. The van der Waals surface area contributed by atoms with E-state index < -0.39 is 29.4 Å². The van der Waals surface area contributed by atoms with Crippen LogP contribution in [0.2, 0.25) is 0 Å². The van der Waals surface area contributed by atoms with E-state index in [2.05, 4.69) is 31.8 Å². The maximum atomic E-state index is 13.2. The van der Waals surface area contributed by atoms with Crippen molar-refractivity contribution in [3.8, 4) is 0 Å². The molecule has 0 radical (unpaired) electrons. The standard InChI is InChI=1S/C30H40N2O6/c1-8-36-30-14-13-29(5,38-30)26(37-27(33)12-10-21-17-32(6)18-31-21)16-23-20(4)9-11-22(19(2)3)24(23)15-25(30)28(34)35-7/h9-10,12-15,17-19,22-24,26H,8,11,16H2,1-7H3/b12-10+,25-15-/t22-,23+,24-,26+,29+,30-/m1/s1. The molecule has 6 atom stereocenters. The van der Waals surface area contributed by atoms with Crippen molar-refractivity contribution in [3.63, 3.8) is 0 Å². The highest BCUT2D eigenvalue weighted by atomic mass is 16.7. The van der Waals surface area contributed by atoms with E-state index in [0.717, 1.165) is 6.42 Å². The molecular weight excluding hydrogens is 484 g/mol. The molecule has 2 bridgehead atoms. The summed E-state index contributed by atoms with van der Waals surface area (Å²) in [4.78, 5) is 30.5. The van der Waals surface area contributed by atoms with Gasteiger partial charge in [0, 0.05) is 25.9 Å². The molecule has 38 heavy (non-hydrogen) atoms. The molecule has 0 amide bonds. The van der Waals surface area contributed by atoms with Crippen LogP contribution in [0.4, 0.5) is 0 Å². The van der Waals surface area contributed by atoms with Crippen molar-refractivity contribution in [2.75, 3.05) is 13.7 Å². The molecule has 1 aromatic heterocycles. The number of aromatic nitrogens is 2. The fraction of sp³-hybridized carbons (Fsp3) is 0.567. The third kappa shape index (κ3) is 5.43. The van der Waals surface area contributed by atoms with Crippen LogP contribution in [0.25, 0.3) is 6.08 Å². The molecule has 8 nitrogen and oxygen atoms in total. The van der Waals surface area contributed by atoms with Crippen molar-refractivity contribution in [2.24, 2.45) is 30.7 Å². The number of aryl methyl sites for hydroxylation is 1. The predicted molar refractivity (Wildman–Crippen MR) is 144 cm³/mol. The Bertz CT molecular complexity index is 1180. The second-order valence-corrected chi connectivity index (χ2v) is 11.0. The Morgan fingerprint density at radius 1 is 1.32 bits per heavy atom. The SMILES string of the molecule is CCO[C@]12C=C[C@](C)(O1)[C@@H](OC(=O)/C=C/c1cn(C)cn1)C[C@H]1C(C)=CC[C@H](C(C)C)[C@H]1/C=C\2C(=O)OC. The van der Waals surface area contributed by atoms with E-state index in [1.54, 1.807) is 18.5 Å². The van der Waals surface area contributed by atoms with Gasteiger partial charge in [-0.3, -0.25) is 0 Å². The molecule has 3 heterocycles. The van der Waals surface area contributed by atoms with Crippen molar-refractivity contribution < 1.29 is 28.5 Å². The normalized spacial score (nSPS) is 34.1. The Kier molecular flexibility index (Phi) is 8.14. The van der Waals surface area contributed by atoms with Crippen LogP contribution < -0.4 is 0 Å². The summed E-state index contributed by atoms with van der Waals surface area (Å²) in [5, 5.41) is 0. The number of rotatable bonds is 7. The number of carbonyl (C=O) groups is 2. The van der Waals surface area contributed by atoms with E-state index >= 15 is 0 Å². The van der Waals surface area contributed by atoms with Crippen LogP contribution in [0, 0.1) is 23.7 Å². The van der Waals surface area contributed by atoms with Gasteiger partial charge >= 0.3 is 11.9 Å². The van der Waals surface area contributed by atoms with Crippen LogP contribution in [0.15, 0.2) is 54.1 Å². The number of ether oxygens (including phenoxy) is 4. The van der Waals surface area contributed by atoms with Gasteiger partial charge in [-0.15, -0.1) is 0 Å². The third-order valence-electron chi connectivity index (χ3n) is 8.10. The summed E-state index contributed by atoms with van der Waals surface area (Å²) in [5.41, 5.74) is 1.18. The number of imidazole rings is 1. The maximum Gasteiger partial charge on any atom is 0.339 e. The number of esters is 2. The summed E-state index contributed by atoms with van der Waals surface area (Å²) in [7, 11) is 3.24. The molecule has 2 aliphatic heterocycles. The Morgan fingerprint density at radius 2 is 2.08 bits per heavy atom. The summed E-state index contributed by atoms with van der Waals surface area (Å²) in [6.07, 6.45) is 15.2. The average molecular weight is 525 g/mol. The highest BCUT2D eigenvalue weighted by Gasteiger charge is 2.55. The second kappa shape index (κ2) is 11.0. The van der Waals surface area contributed by atoms with Gasteiger partial charge in [0.05, 0.1) is 24.7 Å². The van der Waals surface area contributed by atoms with Crippen LogP contribution in [0.5, 0.6) is 0 Å². The molecular formula is C30H40N2O6. The van der Waals surface area contributed by atoms with Gasteiger partial charge in [-0.25, -0.2) is 14.6 Å². The maximum absolute atomic E-state index is 13.2. The molecule has 0 unspecified atom stereocenters. The highest BCUT2D eigenvalue weighted by molar-refractivity contribution is 5.91.